The van der Waals surface area contributed by atoms with Gasteiger partial charge in [-0.05, 0) is 63.4 Å². The molecular weight excluding hydrogens is 590 g/mol. The Morgan fingerprint density at radius 2 is 1.66 bits per heavy atom. The molecule has 1 spiro atoms. The molecular formula is C39H59N3O5. The topological polar surface area (TPSA) is 90.4 Å². The number of unbranched alkanes of at least 4 members (excludes halogenated alkanes) is 3. The van der Waals surface area contributed by atoms with E-state index in [4.69, 9.17) is 4.74 Å². The number of carbonyl (C=O) groups is 3. The van der Waals surface area contributed by atoms with E-state index in [-0.39, 0.29) is 29.7 Å². The van der Waals surface area contributed by atoms with E-state index in [1.807, 2.05) is 42.2 Å². The van der Waals surface area contributed by atoms with Crippen LogP contribution in [0.2, 0.25) is 0 Å². The zero-order chi connectivity index (χ0) is 34.6. The maximum Gasteiger partial charge on any atom is 0.249 e. The van der Waals surface area contributed by atoms with E-state index in [0.29, 0.717) is 58.3 Å². The number of nitrogens with zero attached hydrogens (tertiary/aromatic N) is 3. The van der Waals surface area contributed by atoms with Crippen LogP contribution in [0.4, 0.5) is 0 Å². The van der Waals surface area contributed by atoms with Gasteiger partial charge in [-0.3, -0.25) is 14.4 Å². The molecule has 1 N–H and O–H groups in total. The highest BCUT2D eigenvalue weighted by Gasteiger charge is 2.79. The highest BCUT2D eigenvalue weighted by molar-refractivity contribution is 5.99. The van der Waals surface area contributed by atoms with Crippen molar-refractivity contribution in [3.8, 4) is 0 Å². The van der Waals surface area contributed by atoms with Crippen LogP contribution in [0, 0.1) is 17.3 Å². The van der Waals surface area contributed by atoms with Gasteiger partial charge in [0, 0.05) is 38.3 Å². The first-order chi connectivity index (χ1) is 22.2. The first-order valence-corrected chi connectivity index (χ1v) is 17.7. The lowest BCUT2D eigenvalue weighted by Gasteiger charge is -2.45. The van der Waals surface area contributed by atoms with Crippen LogP contribution in [0.25, 0.3) is 0 Å². The summed E-state index contributed by atoms with van der Waals surface area (Å²) in [6.45, 7) is 22.3. The molecule has 3 saturated heterocycles. The lowest BCUT2D eigenvalue weighted by molar-refractivity contribution is -0.158. The van der Waals surface area contributed by atoms with Crippen LogP contribution in [-0.2, 0) is 25.7 Å². The van der Waals surface area contributed by atoms with Crippen LogP contribution in [0.5, 0.6) is 0 Å². The predicted molar refractivity (Wildman–Crippen MR) is 186 cm³/mol. The molecule has 5 atom stereocenters. The molecule has 3 amide bonds. The summed E-state index contributed by atoms with van der Waals surface area (Å²) in [5.41, 5.74) is -1.45. The molecule has 2 bridgehead atoms. The molecule has 260 valence electrons. The van der Waals surface area contributed by atoms with E-state index in [1.54, 1.807) is 22.0 Å². The van der Waals surface area contributed by atoms with Crippen molar-refractivity contribution in [3.63, 3.8) is 0 Å². The Kier molecular flexibility index (Phi) is 11.5. The molecule has 8 heteroatoms. The number of carbonyl (C=O) groups excluding carboxylic acids is 3. The molecule has 1 aromatic carbocycles. The fourth-order valence-corrected chi connectivity index (χ4v) is 9.05. The SMILES string of the molecule is C=CCN(Cc1ccccc1)C(=O)[C@H]1[C@H]2C(=O)N(CCCCCCO)C(C(=O)N(CC=C)C(C)(C)CC(C)(C)C)C23CC[C@]1(CC)O3. The van der Waals surface area contributed by atoms with Crippen molar-refractivity contribution >= 4 is 17.7 Å². The zero-order valence-corrected chi connectivity index (χ0v) is 29.8. The van der Waals surface area contributed by atoms with Gasteiger partial charge in [0.2, 0.25) is 17.7 Å². The summed E-state index contributed by atoms with van der Waals surface area (Å²) >= 11 is 0. The van der Waals surface area contributed by atoms with Gasteiger partial charge in [-0.1, -0.05) is 83.0 Å². The number of likely N-dealkylation sites (tertiary alicyclic amines) is 1. The van der Waals surface area contributed by atoms with Crippen LogP contribution >= 0.6 is 0 Å². The van der Waals surface area contributed by atoms with E-state index in [1.165, 1.54) is 0 Å². The third kappa shape index (κ3) is 7.24. The van der Waals surface area contributed by atoms with E-state index in [0.717, 1.165) is 24.8 Å². The summed E-state index contributed by atoms with van der Waals surface area (Å²) < 4.78 is 7.11. The summed E-state index contributed by atoms with van der Waals surface area (Å²) in [7, 11) is 0. The summed E-state index contributed by atoms with van der Waals surface area (Å²) in [6.07, 6.45) is 9.10. The summed E-state index contributed by atoms with van der Waals surface area (Å²) in [5, 5.41) is 9.31. The molecule has 4 rings (SSSR count). The number of ether oxygens (including phenoxy) is 1. The van der Waals surface area contributed by atoms with Crippen LogP contribution in [-0.4, -0.2) is 86.6 Å². The van der Waals surface area contributed by atoms with Crippen molar-refractivity contribution in [2.24, 2.45) is 17.3 Å². The fourth-order valence-electron chi connectivity index (χ4n) is 9.05. The average Bonchev–Trinajstić information content (AvgIpc) is 3.61. The lowest BCUT2D eigenvalue weighted by Crippen LogP contribution is -2.61. The monoisotopic (exact) mass is 649 g/mol. The maximum absolute atomic E-state index is 15.1. The summed E-state index contributed by atoms with van der Waals surface area (Å²) in [6, 6.07) is 9.04. The van der Waals surface area contributed by atoms with Crippen molar-refractivity contribution in [1.29, 1.82) is 0 Å². The summed E-state index contributed by atoms with van der Waals surface area (Å²) in [4.78, 5) is 50.1. The minimum Gasteiger partial charge on any atom is -0.396 e. The molecule has 1 aromatic rings. The molecule has 3 heterocycles. The van der Waals surface area contributed by atoms with Gasteiger partial charge in [0.05, 0.1) is 17.4 Å². The maximum atomic E-state index is 15.1. The molecule has 3 aliphatic rings. The van der Waals surface area contributed by atoms with Gasteiger partial charge >= 0.3 is 0 Å². The number of fused-ring (bicyclic) bond motifs is 1. The molecule has 47 heavy (non-hydrogen) atoms. The Balaban J connectivity index is 1.78. The van der Waals surface area contributed by atoms with Gasteiger partial charge in [-0.15, -0.1) is 13.2 Å². The number of hydrogen-bond acceptors (Lipinski definition) is 5. The molecule has 2 unspecified atom stereocenters. The van der Waals surface area contributed by atoms with Crippen molar-refractivity contribution in [2.75, 3.05) is 26.2 Å². The zero-order valence-electron chi connectivity index (χ0n) is 29.8. The van der Waals surface area contributed by atoms with Crippen molar-refractivity contribution in [3.05, 3.63) is 61.2 Å². The average molecular weight is 650 g/mol. The number of hydrogen-bond donors (Lipinski definition) is 1. The largest absolute Gasteiger partial charge is 0.396 e. The van der Waals surface area contributed by atoms with Crippen molar-refractivity contribution in [1.82, 2.24) is 14.7 Å². The van der Waals surface area contributed by atoms with E-state index >= 15 is 4.79 Å². The molecule has 0 aromatic heterocycles. The highest BCUT2D eigenvalue weighted by atomic mass is 16.5. The molecule has 3 aliphatic heterocycles. The van der Waals surface area contributed by atoms with E-state index in [2.05, 4.69) is 47.8 Å². The second-order valence-corrected chi connectivity index (χ2v) is 15.8. The number of benzene rings is 1. The molecule has 0 saturated carbocycles. The number of rotatable bonds is 17. The second-order valence-electron chi connectivity index (χ2n) is 15.8. The number of amides is 3. The first kappa shape index (κ1) is 36.9. The molecule has 8 nitrogen and oxygen atoms in total. The standard InChI is InChI=1S/C39H59N3O5/c1-9-23-40(27-29-19-15-14-16-20-29)33(44)30-31-34(45)41(25-17-12-13-18-26-43)32(39(31)22-21-38(30,11-3)47-39)35(46)42(24-10-2)37(7,8)28-36(4,5)6/h9-10,14-16,19-20,30-32,43H,1-2,11-13,17-18,21-28H2,3-8H3/t30-,31+,32?,38+,39?/m1/s1. The van der Waals surface area contributed by atoms with Crippen LogP contribution in [0.3, 0.4) is 0 Å². The van der Waals surface area contributed by atoms with Gasteiger partial charge in [-0.2, -0.15) is 0 Å². The van der Waals surface area contributed by atoms with Gasteiger partial charge < -0.3 is 24.5 Å². The molecule has 0 radical (unpaired) electrons. The fraction of sp³-hybridized carbons (Fsp3) is 0.667. The van der Waals surface area contributed by atoms with Gasteiger partial charge in [0.25, 0.3) is 0 Å². The number of aliphatic hydroxyl groups excluding tert-OH is 1. The lowest BCUT2D eigenvalue weighted by atomic mass is 9.64. The van der Waals surface area contributed by atoms with Crippen molar-refractivity contribution in [2.45, 2.75) is 122 Å². The normalized spacial score (nSPS) is 26.7. The third-order valence-electron chi connectivity index (χ3n) is 10.6. The van der Waals surface area contributed by atoms with Crippen molar-refractivity contribution < 1.29 is 24.2 Å². The van der Waals surface area contributed by atoms with Gasteiger partial charge in [0.15, 0.2) is 0 Å². The van der Waals surface area contributed by atoms with Gasteiger partial charge in [0.1, 0.15) is 11.6 Å². The minimum absolute atomic E-state index is 0.0403. The molecule has 3 fully saturated rings. The quantitative estimate of drug-likeness (QED) is 0.162. The Morgan fingerprint density at radius 3 is 2.26 bits per heavy atom. The predicted octanol–water partition coefficient (Wildman–Crippen LogP) is 6.14. The van der Waals surface area contributed by atoms with Crippen LogP contribution in [0.15, 0.2) is 55.6 Å². The first-order valence-electron chi connectivity index (χ1n) is 17.7. The Bertz CT molecular complexity index is 1290. The van der Waals surface area contributed by atoms with Gasteiger partial charge in [-0.25, -0.2) is 0 Å². The van der Waals surface area contributed by atoms with E-state index in [9.17, 15) is 14.7 Å². The smallest absolute Gasteiger partial charge is 0.249 e. The third-order valence-corrected chi connectivity index (χ3v) is 10.6. The molecule has 0 aliphatic carbocycles. The Hall–Kier alpha value is -2.97. The minimum atomic E-state index is -1.08. The Morgan fingerprint density at radius 1 is 1.00 bits per heavy atom. The Labute approximate surface area is 283 Å². The second kappa shape index (κ2) is 14.7. The summed E-state index contributed by atoms with van der Waals surface area (Å²) in [5.74, 6) is -1.82. The van der Waals surface area contributed by atoms with E-state index < -0.39 is 34.6 Å². The van der Waals surface area contributed by atoms with Crippen LogP contribution < -0.4 is 0 Å². The number of aliphatic hydroxyl groups is 1. The highest BCUT2D eigenvalue weighted by Crippen LogP contribution is 2.65. The van der Waals surface area contributed by atoms with Crippen LogP contribution in [0.1, 0.15) is 98.5 Å².